The molecule has 4 heteroatoms. The van der Waals surface area contributed by atoms with Crippen molar-refractivity contribution in [1.29, 1.82) is 0 Å². The Morgan fingerprint density at radius 3 is 2.24 bits per heavy atom. The van der Waals surface area contributed by atoms with Crippen molar-refractivity contribution in [3.63, 3.8) is 0 Å². The van der Waals surface area contributed by atoms with E-state index in [-0.39, 0.29) is 0 Å². The average molecular weight is 237 g/mol. The Labute approximate surface area is 102 Å². The first-order valence-corrected chi connectivity index (χ1v) is 5.51. The molecule has 17 heavy (non-hydrogen) atoms. The lowest BCUT2D eigenvalue weighted by atomic mass is 9.89. The largest absolute Gasteiger partial charge is 0.550 e. The van der Waals surface area contributed by atoms with Crippen LogP contribution in [0.25, 0.3) is 0 Å². The number of likely N-dealkylation sites (N-methyl/N-ethyl adjacent to an activating group) is 1. The van der Waals surface area contributed by atoms with Crippen molar-refractivity contribution >= 4 is 5.97 Å². The van der Waals surface area contributed by atoms with Crippen LogP contribution in [-0.2, 0) is 10.4 Å². The summed E-state index contributed by atoms with van der Waals surface area (Å²) < 4.78 is 0.471. The van der Waals surface area contributed by atoms with E-state index in [1.54, 1.807) is 24.3 Å². The fourth-order valence-corrected chi connectivity index (χ4v) is 2.02. The molecule has 0 aliphatic rings. The summed E-state index contributed by atoms with van der Waals surface area (Å²) in [5.74, 6) is -1.25. The van der Waals surface area contributed by atoms with Crippen LogP contribution in [0.5, 0.6) is 0 Å². The van der Waals surface area contributed by atoms with Crippen LogP contribution in [0.3, 0.4) is 0 Å². The number of carboxylic acid groups (broad SMARTS) is 1. The molecule has 0 saturated carbocycles. The zero-order valence-corrected chi connectivity index (χ0v) is 10.5. The van der Waals surface area contributed by atoms with Gasteiger partial charge < -0.3 is 19.5 Å². The van der Waals surface area contributed by atoms with Gasteiger partial charge >= 0.3 is 0 Å². The van der Waals surface area contributed by atoms with E-state index in [1.165, 1.54) is 0 Å². The summed E-state index contributed by atoms with van der Waals surface area (Å²) >= 11 is 0. The van der Waals surface area contributed by atoms with Crippen LogP contribution in [0.4, 0.5) is 0 Å². The van der Waals surface area contributed by atoms with E-state index in [0.717, 1.165) is 0 Å². The maximum atomic E-state index is 10.8. The second-order valence-electron chi connectivity index (χ2n) is 5.39. The predicted molar refractivity (Wildman–Crippen MR) is 62.9 cm³/mol. The molecule has 0 fully saturated rings. The van der Waals surface area contributed by atoms with Crippen molar-refractivity contribution in [2.45, 2.75) is 12.0 Å². The molecule has 0 saturated heterocycles. The average Bonchev–Trinajstić information content (AvgIpc) is 2.14. The lowest BCUT2D eigenvalue weighted by Crippen LogP contribution is -2.49. The predicted octanol–water partition coefficient (Wildman–Crippen LogP) is -0.280. The number of nitrogens with zero attached hydrogens (tertiary/aromatic N) is 1. The highest BCUT2D eigenvalue weighted by atomic mass is 16.4. The van der Waals surface area contributed by atoms with Gasteiger partial charge in [-0.05, 0) is 5.56 Å². The molecular formula is C13H19NO3. The summed E-state index contributed by atoms with van der Waals surface area (Å²) in [6.07, 6.45) is -0.396. The molecule has 1 N–H and O–H groups in total. The molecule has 94 valence electrons. The van der Waals surface area contributed by atoms with Gasteiger partial charge in [0.1, 0.15) is 12.1 Å². The second kappa shape index (κ2) is 4.85. The molecule has 0 heterocycles. The zero-order chi connectivity index (χ0) is 13.1. The van der Waals surface area contributed by atoms with Gasteiger partial charge in [-0.1, -0.05) is 30.3 Å². The fourth-order valence-electron chi connectivity index (χ4n) is 2.02. The van der Waals surface area contributed by atoms with Crippen molar-refractivity contribution in [3.8, 4) is 0 Å². The minimum Gasteiger partial charge on any atom is -0.550 e. The van der Waals surface area contributed by atoms with E-state index in [9.17, 15) is 15.0 Å². The van der Waals surface area contributed by atoms with Crippen molar-refractivity contribution < 1.29 is 19.5 Å². The normalized spacial score (nSPS) is 15.3. The molecule has 0 aliphatic carbocycles. The van der Waals surface area contributed by atoms with Gasteiger partial charge in [-0.15, -0.1) is 0 Å². The third-order valence-corrected chi connectivity index (χ3v) is 2.48. The van der Waals surface area contributed by atoms with Crippen LogP contribution in [-0.4, -0.2) is 43.2 Å². The molecule has 1 aromatic rings. The topological polar surface area (TPSA) is 60.4 Å². The van der Waals surface area contributed by atoms with Crippen LogP contribution in [0.15, 0.2) is 30.3 Å². The number of benzene rings is 1. The summed E-state index contributed by atoms with van der Waals surface area (Å²) in [4.78, 5) is 10.8. The van der Waals surface area contributed by atoms with Crippen molar-refractivity contribution in [2.24, 2.45) is 0 Å². The second-order valence-corrected chi connectivity index (χ2v) is 5.39. The molecule has 4 nitrogen and oxygen atoms in total. The standard InChI is InChI=1S/C13H19NO3/c1-14(2,3)10-13(17,9-12(15)16)11-7-5-4-6-8-11/h4-8,17H,9-10H2,1-3H3/t13-/m1/s1. The van der Waals surface area contributed by atoms with Crippen LogP contribution in [0.1, 0.15) is 12.0 Å². The minimum absolute atomic E-state index is 0.311. The van der Waals surface area contributed by atoms with Gasteiger partial charge in [0.25, 0.3) is 0 Å². The molecular weight excluding hydrogens is 218 g/mol. The summed E-state index contributed by atoms with van der Waals surface area (Å²) in [6, 6.07) is 8.86. The number of rotatable bonds is 5. The smallest absolute Gasteiger partial charge is 0.143 e. The third-order valence-electron chi connectivity index (χ3n) is 2.48. The number of hydrogen-bond donors (Lipinski definition) is 1. The molecule has 1 atom stereocenters. The number of quaternary nitrogens is 1. The van der Waals surface area contributed by atoms with E-state index in [2.05, 4.69) is 0 Å². The Hall–Kier alpha value is -1.39. The highest BCUT2D eigenvalue weighted by molar-refractivity contribution is 5.66. The first kappa shape index (κ1) is 13.7. The maximum absolute atomic E-state index is 10.8. The molecule has 0 aromatic heterocycles. The van der Waals surface area contributed by atoms with Gasteiger partial charge in [-0.25, -0.2) is 0 Å². The SMILES string of the molecule is C[N+](C)(C)C[C@](O)(CC(=O)[O-])c1ccccc1. The van der Waals surface area contributed by atoms with E-state index in [1.807, 2.05) is 27.2 Å². The molecule has 0 amide bonds. The van der Waals surface area contributed by atoms with Crippen LogP contribution in [0, 0.1) is 0 Å². The lowest BCUT2D eigenvalue weighted by molar-refractivity contribution is -0.878. The number of aliphatic hydroxyl groups is 1. The summed E-state index contributed by atoms with van der Waals surface area (Å²) in [7, 11) is 5.72. The fraction of sp³-hybridized carbons (Fsp3) is 0.462. The molecule has 0 bridgehead atoms. The van der Waals surface area contributed by atoms with Crippen molar-refractivity contribution in [3.05, 3.63) is 35.9 Å². The number of carbonyl (C=O) groups is 1. The van der Waals surface area contributed by atoms with E-state index in [4.69, 9.17) is 0 Å². The Morgan fingerprint density at radius 1 is 1.29 bits per heavy atom. The molecule has 1 aromatic carbocycles. The van der Waals surface area contributed by atoms with Crippen LogP contribution in [0.2, 0.25) is 0 Å². The monoisotopic (exact) mass is 237 g/mol. The zero-order valence-electron chi connectivity index (χ0n) is 10.5. The number of aliphatic carboxylic acids is 1. The summed E-state index contributed by atoms with van der Waals surface area (Å²) in [5, 5.41) is 21.3. The first-order valence-electron chi connectivity index (χ1n) is 5.51. The summed E-state index contributed by atoms with van der Waals surface area (Å²) in [6.45, 7) is 0.311. The molecule has 0 spiro atoms. The van der Waals surface area contributed by atoms with Gasteiger partial charge in [-0.2, -0.15) is 0 Å². The molecule has 0 aliphatic heterocycles. The van der Waals surface area contributed by atoms with Crippen molar-refractivity contribution in [2.75, 3.05) is 27.7 Å². The van der Waals surface area contributed by atoms with Crippen molar-refractivity contribution in [1.82, 2.24) is 0 Å². The maximum Gasteiger partial charge on any atom is 0.143 e. The number of carboxylic acids is 1. The van der Waals surface area contributed by atoms with Gasteiger partial charge in [0.15, 0.2) is 0 Å². The quantitative estimate of drug-likeness (QED) is 0.717. The first-order chi connectivity index (χ1) is 7.73. The van der Waals surface area contributed by atoms with E-state index >= 15 is 0 Å². The van der Waals surface area contributed by atoms with Gasteiger partial charge in [0.05, 0.1) is 21.1 Å². The molecule has 0 unspecified atom stereocenters. The Bertz CT molecular complexity index is 383. The number of hydrogen-bond acceptors (Lipinski definition) is 3. The van der Waals surface area contributed by atoms with Gasteiger partial charge in [0.2, 0.25) is 0 Å². The molecule has 0 radical (unpaired) electrons. The van der Waals surface area contributed by atoms with Gasteiger partial charge in [0, 0.05) is 12.4 Å². The Balaban J connectivity index is 3.06. The summed E-state index contributed by atoms with van der Waals surface area (Å²) in [5.41, 5.74) is -0.782. The highest BCUT2D eigenvalue weighted by Gasteiger charge is 2.35. The van der Waals surface area contributed by atoms with Gasteiger partial charge in [-0.3, -0.25) is 0 Å². The van der Waals surface area contributed by atoms with Crippen LogP contribution >= 0.6 is 0 Å². The Morgan fingerprint density at radius 2 is 1.82 bits per heavy atom. The third kappa shape index (κ3) is 4.17. The lowest BCUT2D eigenvalue weighted by Gasteiger charge is -2.36. The van der Waals surface area contributed by atoms with Crippen LogP contribution < -0.4 is 5.11 Å². The van der Waals surface area contributed by atoms with E-state index < -0.39 is 18.0 Å². The number of carbonyl (C=O) groups excluding carboxylic acids is 1. The molecule has 1 rings (SSSR count). The Kier molecular flexibility index (Phi) is 3.91. The minimum atomic E-state index is -1.39. The highest BCUT2D eigenvalue weighted by Crippen LogP contribution is 2.26. The van der Waals surface area contributed by atoms with E-state index in [0.29, 0.717) is 16.6 Å².